The molecule has 0 radical (unpaired) electrons. The second kappa shape index (κ2) is 6.82. The van der Waals surface area contributed by atoms with Crippen LogP contribution in [-0.4, -0.2) is 24.5 Å². The van der Waals surface area contributed by atoms with E-state index in [4.69, 9.17) is 0 Å². The molecule has 2 fully saturated rings. The van der Waals surface area contributed by atoms with Crippen LogP contribution >= 0.6 is 12.4 Å². The molecule has 23 heavy (non-hydrogen) atoms. The molecule has 3 nitrogen and oxygen atoms in total. The molecule has 1 aromatic carbocycles. The fourth-order valence-electron chi connectivity index (χ4n) is 3.95. The molecule has 1 spiro atoms. The van der Waals surface area contributed by atoms with Crippen LogP contribution in [0.1, 0.15) is 44.2 Å². The van der Waals surface area contributed by atoms with Crippen LogP contribution in [-0.2, 0) is 11.2 Å². The Hall–Kier alpha value is -1.06. The highest BCUT2D eigenvalue weighted by Crippen LogP contribution is 2.58. The molecule has 128 valence electrons. The number of carbonyl (C=O) groups is 1. The quantitative estimate of drug-likeness (QED) is 0.886. The number of rotatable bonds is 4. The Bertz CT molecular complexity index is 564. The Balaban J connectivity index is 0.00000192. The zero-order valence-electron chi connectivity index (χ0n) is 14.4. The number of carbonyl (C=O) groups excluding carboxylic acids is 1. The lowest BCUT2D eigenvalue weighted by molar-refractivity contribution is -0.124. The van der Waals surface area contributed by atoms with Crippen molar-refractivity contribution in [1.29, 1.82) is 0 Å². The van der Waals surface area contributed by atoms with E-state index in [2.05, 4.69) is 55.7 Å². The van der Waals surface area contributed by atoms with Gasteiger partial charge < -0.3 is 10.6 Å². The fourth-order valence-corrected chi connectivity index (χ4v) is 3.95. The summed E-state index contributed by atoms with van der Waals surface area (Å²) in [6.45, 7) is 8.54. The minimum absolute atomic E-state index is 0. The summed E-state index contributed by atoms with van der Waals surface area (Å²) < 4.78 is 0. The van der Waals surface area contributed by atoms with Gasteiger partial charge in [0.05, 0.1) is 0 Å². The molecule has 1 aliphatic carbocycles. The third-order valence-electron chi connectivity index (χ3n) is 5.46. The molecular weight excluding hydrogens is 308 g/mol. The van der Waals surface area contributed by atoms with Crippen molar-refractivity contribution < 1.29 is 4.79 Å². The maximum absolute atomic E-state index is 12.6. The Kier molecular flexibility index (Phi) is 5.42. The van der Waals surface area contributed by atoms with Gasteiger partial charge in [0.2, 0.25) is 5.91 Å². The second-order valence-corrected chi connectivity index (χ2v) is 7.85. The summed E-state index contributed by atoms with van der Waals surface area (Å²) in [6, 6.07) is 8.44. The molecule has 1 aliphatic heterocycles. The maximum Gasteiger partial charge on any atom is 0.224 e. The molecule has 3 rings (SSSR count). The molecule has 1 aromatic rings. The normalized spacial score (nSPS) is 22.3. The minimum atomic E-state index is -0.195. The molecule has 1 amide bonds. The molecule has 1 heterocycles. The molecule has 0 aromatic heterocycles. The summed E-state index contributed by atoms with van der Waals surface area (Å²) in [5, 5.41) is 6.70. The van der Waals surface area contributed by atoms with Gasteiger partial charge >= 0.3 is 0 Å². The average Bonchev–Trinajstić information content (AvgIpc) is 3.15. The van der Waals surface area contributed by atoms with Crippen LogP contribution in [0.5, 0.6) is 0 Å². The Morgan fingerprint density at radius 3 is 2.61 bits per heavy atom. The first-order valence-corrected chi connectivity index (χ1v) is 8.49. The molecular formula is C19H29ClN2O. The number of aryl methyl sites for hydroxylation is 1. The first-order chi connectivity index (χ1) is 10.4. The number of hydrogen-bond acceptors (Lipinski definition) is 2. The highest BCUT2D eigenvalue weighted by atomic mass is 35.5. The average molecular weight is 337 g/mol. The van der Waals surface area contributed by atoms with Gasteiger partial charge in [0.15, 0.2) is 0 Å². The van der Waals surface area contributed by atoms with Crippen molar-refractivity contribution in [1.82, 2.24) is 10.6 Å². The van der Waals surface area contributed by atoms with Crippen molar-refractivity contribution in [3.8, 4) is 0 Å². The minimum Gasteiger partial charge on any atom is -0.351 e. The van der Waals surface area contributed by atoms with Crippen LogP contribution in [0.3, 0.4) is 0 Å². The largest absolute Gasteiger partial charge is 0.351 e. The van der Waals surface area contributed by atoms with Gasteiger partial charge in [-0.3, -0.25) is 4.79 Å². The number of nitrogens with one attached hydrogen (secondary N) is 2. The van der Waals surface area contributed by atoms with Crippen molar-refractivity contribution in [2.24, 2.45) is 11.3 Å². The first-order valence-electron chi connectivity index (χ1n) is 8.49. The number of piperidine rings is 1. The molecule has 0 bridgehead atoms. The molecule has 1 atom stereocenters. The SMILES string of the molecule is Cc1ccccc1CC(C)(C)NC(=O)C1CC12CCNCC2.Cl. The molecule has 1 unspecified atom stereocenters. The van der Waals surface area contributed by atoms with E-state index in [-0.39, 0.29) is 29.8 Å². The first kappa shape index (κ1) is 18.3. The van der Waals surface area contributed by atoms with Crippen molar-refractivity contribution in [2.75, 3.05) is 13.1 Å². The van der Waals surface area contributed by atoms with Crippen LogP contribution < -0.4 is 10.6 Å². The summed E-state index contributed by atoms with van der Waals surface area (Å²) in [7, 11) is 0. The molecule has 1 saturated carbocycles. The Labute approximate surface area is 146 Å². The molecule has 2 aliphatic rings. The van der Waals surface area contributed by atoms with E-state index in [0.717, 1.165) is 38.8 Å². The topological polar surface area (TPSA) is 41.1 Å². The van der Waals surface area contributed by atoms with Crippen molar-refractivity contribution in [3.05, 3.63) is 35.4 Å². The van der Waals surface area contributed by atoms with Gasteiger partial charge in [-0.25, -0.2) is 0 Å². The van der Waals surface area contributed by atoms with Gasteiger partial charge in [-0.15, -0.1) is 12.4 Å². The number of benzene rings is 1. The van der Waals surface area contributed by atoms with E-state index >= 15 is 0 Å². The van der Waals surface area contributed by atoms with Gasteiger partial charge in [-0.2, -0.15) is 0 Å². The summed E-state index contributed by atoms with van der Waals surface area (Å²) >= 11 is 0. The van der Waals surface area contributed by atoms with E-state index in [1.165, 1.54) is 11.1 Å². The van der Waals surface area contributed by atoms with Crippen LogP contribution in [0.25, 0.3) is 0 Å². The zero-order valence-corrected chi connectivity index (χ0v) is 15.3. The van der Waals surface area contributed by atoms with E-state index < -0.39 is 0 Å². The lowest BCUT2D eigenvalue weighted by atomic mass is 9.90. The molecule has 1 saturated heterocycles. The lowest BCUT2D eigenvalue weighted by Gasteiger charge is -2.29. The second-order valence-electron chi connectivity index (χ2n) is 7.85. The monoisotopic (exact) mass is 336 g/mol. The highest BCUT2D eigenvalue weighted by Gasteiger charge is 2.58. The van der Waals surface area contributed by atoms with E-state index in [9.17, 15) is 4.79 Å². The van der Waals surface area contributed by atoms with Gasteiger partial charge in [-0.1, -0.05) is 24.3 Å². The van der Waals surface area contributed by atoms with Crippen molar-refractivity contribution >= 4 is 18.3 Å². The number of halogens is 1. The zero-order chi connectivity index (χ0) is 15.8. The van der Waals surface area contributed by atoms with Crippen LogP contribution in [0, 0.1) is 18.3 Å². The summed E-state index contributed by atoms with van der Waals surface area (Å²) in [5.74, 6) is 0.506. The van der Waals surface area contributed by atoms with E-state index in [1.54, 1.807) is 0 Å². The van der Waals surface area contributed by atoms with Gasteiger partial charge in [0.25, 0.3) is 0 Å². The van der Waals surface area contributed by atoms with Gasteiger partial charge in [0, 0.05) is 11.5 Å². The predicted octanol–water partition coefficient (Wildman–Crippen LogP) is 3.24. The van der Waals surface area contributed by atoms with Crippen molar-refractivity contribution in [2.45, 2.75) is 52.0 Å². The van der Waals surface area contributed by atoms with E-state index in [1.807, 2.05) is 0 Å². The maximum atomic E-state index is 12.6. The number of hydrogen-bond donors (Lipinski definition) is 2. The van der Waals surface area contributed by atoms with Gasteiger partial charge in [-0.05, 0) is 76.1 Å². The summed E-state index contributed by atoms with van der Waals surface area (Å²) in [5.41, 5.74) is 2.74. The Morgan fingerprint density at radius 1 is 1.30 bits per heavy atom. The predicted molar refractivity (Wildman–Crippen MR) is 97.0 cm³/mol. The van der Waals surface area contributed by atoms with E-state index in [0.29, 0.717) is 5.41 Å². The fraction of sp³-hybridized carbons (Fsp3) is 0.632. The number of amides is 1. The standard InChI is InChI=1S/C19H28N2O.ClH/c1-14-6-4-5-7-15(14)12-18(2,3)21-17(22)16-13-19(16)8-10-20-11-9-19;/h4-7,16,20H,8-13H2,1-3H3,(H,21,22);1H. The summed E-state index contributed by atoms with van der Waals surface area (Å²) in [6.07, 6.45) is 4.28. The third-order valence-corrected chi connectivity index (χ3v) is 5.46. The highest BCUT2D eigenvalue weighted by molar-refractivity contribution is 5.85. The lowest BCUT2D eigenvalue weighted by Crippen LogP contribution is -2.47. The smallest absolute Gasteiger partial charge is 0.224 e. The van der Waals surface area contributed by atoms with Crippen LogP contribution in [0.2, 0.25) is 0 Å². The van der Waals surface area contributed by atoms with Crippen molar-refractivity contribution in [3.63, 3.8) is 0 Å². The van der Waals surface area contributed by atoms with Gasteiger partial charge in [0.1, 0.15) is 0 Å². The third kappa shape index (κ3) is 4.07. The summed E-state index contributed by atoms with van der Waals surface area (Å²) in [4.78, 5) is 12.6. The van der Waals surface area contributed by atoms with Crippen LogP contribution in [0.15, 0.2) is 24.3 Å². The van der Waals surface area contributed by atoms with Crippen LogP contribution in [0.4, 0.5) is 0 Å². The molecule has 4 heteroatoms. The molecule has 2 N–H and O–H groups in total. The Morgan fingerprint density at radius 2 is 1.96 bits per heavy atom.